The molecule has 0 radical (unpaired) electrons. The van der Waals surface area contributed by atoms with E-state index < -0.39 is 10.7 Å². The summed E-state index contributed by atoms with van der Waals surface area (Å²) in [6.45, 7) is 0.650. The van der Waals surface area contributed by atoms with Crippen LogP contribution in [0.3, 0.4) is 0 Å². The molecular formula is C24H21FN4O4S. The average molecular weight is 481 g/mol. The zero-order chi connectivity index (χ0) is 24.1. The van der Waals surface area contributed by atoms with Crippen LogP contribution in [0.5, 0.6) is 0 Å². The minimum absolute atomic E-state index is 0.138. The van der Waals surface area contributed by atoms with Gasteiger partial charge >= 0.3 is 0 Å². The Hall–Kier alpha value is -3.79. The topological polar surface area (TPSA) is 105 Å². The number of carbonyl (C=O) groups is 2. The normalized spacial score (nSPS) is 14.0. The number of piperidine rings is 1. The fourth-order valence-corrected chi connectivity index (χ4v) is 4.66. The fourth-order valence-electron chi connectivity index (χ4n) is 3.71. The molecule has 1 aromatic heterocycles. The Bertz CT molecular complexity index is 1220. The number of anilines is 1. The van der Waals surface area contributed by atoms with Gasteiger partial charge in [0.05, 0.1) is 10.5 Å². The molecule has 2 amide bonds. The summed E-state index contributed by atoms with van der Waals surface area (Å²) in [5.74, 6) is -0.784. The van der Waals surface area contributed by atoms with Gasteiger partial charge < -0.3 is 10.2 Å². The van der Waals surface area contributed by atoms with Crippen LogP contribution in [0.25, 0.3) is 0 Å². The highest BCUT2D eigenvalue weighted by Gasteiger charge is 2.30. The maximum Gasteiger partial charge on any atom is 0.270 e. The third-order valence-corrected chi connectivity index (χ3v) is 6.66. The van der Waals surface area contributed by atoms with E-state index in [0.717, 1.165) is 11.8 Å². The molecule has 1 aliphatic heterocycles. The second-order valence-corrected chi connectivity index (χ2v) is 8.82. The summed E-state index contributed by atoms with van der Waals surface area (Å²) >= 11 is 1.04. The Balaban J connectivity index is 1.48. The lowest BCUT2D eigenvalue weighted by molar-refractivity contribution is -0.384. The molecule has 4 rings (SSSR count). The van der Waals surface area contributed by atoms with Crippen molar-refractivity contribution < 1.29 is 18.9 Å². The van der Waals surface area contributed by atoms with Crippen molar-refractivity contribution in [2.75, 3.05) is 18.4 Å². The van der Waals surface area contributed by atoms with Crippen LogP contribution in [0.4, 0.5) is 15.9 Å². The Labute approximate surface area is 199 Å². The molecule has 0 saturated carbocycles. The number of aromatic nitrogens is 1. The molecule has 174 valence electrons. The molecule has 0 bridgehead atoms. The summed E-state index contributed by atoms with van der Waals surface area (Å²) in [5, 5.41) is 14.1. The maximum absolute atomic E-state index is 14.2. The van der Waals surface area contributed by atoms with E-state index in [0.29, 0.717) is 41.5 Å². The van der Waals surface area contributed by atoms with Crippen LogP contribution in [-0.4, -0.2) is 39.7 Å². The van der Waals surface area contributed by atoms with Gasteiger partial charge in [-0.25, -0.2) is 9.37 Å². The van der Waals surface area contributed by atoms with Crippen molar-refractivity contribution in [3.63, 3.8) is 0 Å². The largest absolute Gasteiger partial charge is 0.339 e. The minimum atomic E-state index is -0.567. The number of likely N-dealkylation sites (tertiary alicyclic amines) is 1. The van der Waals surface area contributed by atoms with Crippen molar-refractivity contribution >= 4 is 35.1 Å². The van der Waals surface area contributed by atoms with Gasteiger partial charge in [0.15, 0.2) is 0 Å². The summed E-state index contributed by atoms with van der Waals surface area (Å²) in [7, 11) is 0. The lowest BCUT2D eigenvalue weighted by Crippen LogP contribution is -2.41. The first-order valence-corrected chi connectivity index (χ1v) is 11.5. The van der Waals surface area contributed by atoms with E-state index in [4.69, 9.17) is 0 Å². The smallest absolute Gasteiger partial charge is 0.270 e. The van der Waals surface area contributed by atoms with Crippen LogP contribution in [-0.2, 0) is 4.79 Å². The third kappa shape index (κ3) is 5.40. The number of nitrogens with zero attached hydrogens (tertiary/aromatic N) is 3. The van der Waals surface area contributed by atoms with Crippen LogP contribution in [0.1, 0.15) is 23.2 Å². The Kier molecular flexibility index (Phi) is 7.17. The highest BCUT2D eigenvalue weighted by Crippen LogP contribution is 2.35. The molecule has 1 aliphatic rings. The van der Waals surface area contributed by atoms with Crippen molar-refractivity contribution in [1.82, 2.24) is 9.88 Å². The molecule has 1 N–H and O–H groups in total. The van der Waals surface area contributed by atoms with Gasteiger partial charge in [-0.05, 0) is 43.2 Å². The highest BCUT2D eigenvalue weighted by molar-refractivity contribution is 7.99. The maximum atomic E-state index is 14.2. The molecule has 34 heavy (non-hydrogen) atoms. The summed E-state index contributed by atoms with van der Waals surface area (Å²) in [6.07, 6.45) is 2.50. The number of nitrogens with one attached hydrogen (secondary N) is 1. The number of pyridine rings is 1. The zero-order valence-electron chi connectivity index (χ0n) is 18.0. The fraction of sp³-hybridized carbons (Fsp3) is 0.208. The van der Waals surface area contributed by atoms with E-state index >= 15 is 0 Å². The highest BCUT2D eigenvalue weighted by atomic mass is 32.2. The van der Waals surface area contributed by atoms with Crippen LogP contribution in [0.15, 0.2) is 76.7 Å². The molecule has 8 nitrogen and oxygen atoms in total. The molecule has 0 unspecified atom stereocenters. The number of benzene rings is 2. The average Bonchev–Trinajstić information content (AvgIpc) is 2.86. The summed E-state index contributed by atoms with van der Waals surface area (Å²) in [4.78, 5) is 43.0. The van der Waals surface area contributed by atoms with E-state index in [-0.39, 0.29) is 29.0 Å². The summed E-state index contributed by atoms with van der Waals surface area (Å²) < 4.78 is 14.2. The number of nitro benzene ring substituents is 1. The summed E-state index contributed by atoms with van der Waals surface area (Å²) in [5.41, 5.74) is -0.0790. The van der Waals surface area contributed by atoms with Gasteiger partial charge in [-0.3, -0.25) is 19.7 Å². The van der Waals surface area contributed by atoms with Crippen molar-refractivity contribution in [2.45, 2.75) is 22.6 Å². The molecule has 1 fully saturated rings. The van der Waals surface area contributed by atoms with E-state index in [1.807, 2.05) is 0 Å². The quantitative estimate of drug-likeness (QED) is 0.402. The molecule has 1 saturated heterocycles. The number of hydrogen-bond donors (Lipinski definition) is 1. The predicted octanol–water partition coefficient (Wildman–Crippen LogP) is 4.77. The molecule has 2 heterocycles. The standard InChI is InChI=1S/C24H21FN4O4S/c25-19-5-1-2-6-21(19)34-20-9-8-17(29(32)33)15-18(20)24(31)28-13-10-16(11-14-28)23(30)27-22-7-3-4-12-26-22/h1-9,12,15-16H,10-11,13-14H2,(H,26,27,30). The van der Waals surface area contributed by atoms with Crippen molar-refractivity contribution in [2.24, 2.45) is 5.92 Å². The van der Waals surface area contributed by atoms with E-state index in [1.54, 1.807) is 47.5 Å². The van der Waals surface area contributed by atoms with Crippen LogP contribution in [0, 0.1) is 21.8 Å². The number of carbonyl (C=O) groups excluding carboxylic acids is 2. The van der Waals surface area contributed by atoms with Gasteiger partial charge in [0, 0.05) is 47.1 Å². The van der Waals surface area contributed by atoms with Crippen LogP contribution >= 0.6 is 11.8 Å². The lowest BCUT2D eigenvalue weighted by Gasteiger charge is -2.31. The molecule has 0 aliphatic carbocycles. The molecule has 10 heteroatoms. The van der Waals surface area contributed by atoms with E-state index in [1.165, 1.54) is 24.3 Å². The Morgan fingerprint density at radius 3 is 2.47 bits per heavy atom. The zero-order valence-corrected chi connectivity index (χ0v) is 18.8. The van der Waals surface area contributed by atoms with Crippen molar-refractivity contribution in [1.29, 1.82) is 0 Å². The van der Waals surface area contributed by atoms with Crippen LogP contribution < -0.4 is 5.32 Å². The minimum Gasteiger partial charge on any atom is -0.339 e. The first-order valence-electron chi connectivity index (χ1n) is 10.6. The molecule has 0 atom stereocenters. The molecule has 3 aromatic rings. The first kappa shape index (κ1) is 23.4. The van der Waals surface area contributed by atoms with Gasteiger partial charge in [-0.15, -0.1) is 0 Å². The van der Waals surface area contributed by atoms with Gasteiger partial charge in [0.2, 0.25) is 5.91 Å². The van der Waals surface area contributed by atoms with Gasteiger partial charge in [-0.2, -0.15) is 0 Å². The third-order valence-electron chi connectivity index (χ3n) is 5.53. The second kappa shape index (κ2) is 10.4. The number of nitro groups is 1. The number of non-ortho nitro benzene ring substituents is 1. The van der Waals surface area contributed by atoms with Crippen molar-refractivity contribution in [3.8, 4) is 0 Å². The lowest BCUT2D eigenvalue weighted by atomic mass is 9.95. The van der Waals surface area contributed by atoms with E-state index in [2.05, 4.69) is 10.3 Å². The number of halogens is 1. The number of hydrogen-bond acceptors (Lipinski definition) is 6. The first-order chi connectivity index (χ1) is 16.4. The SMILES string of the molecule is O=C(Nc1ccccn1)C1CCN(C(=O)c2cc([N+](=O)[O-])ccc2Sc2ccccc2F)CC1. The number of rotatable bonds is 6. The molecule has 2 aromatic carbocycles. The number of amides is 2. The Morgan fingerprint density at radius 2 is 1.79 bits per heavy atom. The predicted molar refractivity (Wildman–Crippen MR) is 125 cm³/mol. The van der Waals surface area contributed by atoms with Crippen molar-refractivity contribution in [3.05, 3.63) is 88.4 Å². The van der Waals surface area contributed by atoms with Gasteiger partial charge in [0.25, 0.3) is 11.6 Å². The molecule has 0 spiro atoms. The van der Waals surface area contributed by atoms with Gasteiger partial charge in [-0.1, -0.05) is 30.0 Å². The second-order valence-electron chi connectivity index (χ2n) is 7.74. The monoisotopic (exact) mass is 480 g/mol. The van der Waals surface area contributed by atoms with Crippen LogP contribution in [0.2, 0.25) is 0 Å². The summed E-state index contributed by atoms with van der Waals surface area (Å²) in [6, 6.07) is 15.4. The van der Waals surface area contributed by atoms with E-state index in [9.17, 15) is 24.1 Å². The molecular weight excluding hydrogens is 459 g/mol. The van der Waals surface area contributed by atoms with Gasteiger partial charge in [0.1, 0.15) is 11.6 Å². The Morgan fingerprint density at radius 1 is 1.06 bits per heavy atom.